The molecule has 0 saturated heterocycles. The van der Waals surface area contributed by atoms with Crippen LogP contribution in [0.3, 0.4) is 0 Å². The van der Waals surface area contributed by atoms with E-state index in [1.807, 2.05) is 0 Å². The molecule has 0 aromatic carbocycles. The molecular weight excluding hydrogens is 120 g/mol. The summed E-state index contributed by atoms with van der Waals surface area (Å²) in [5.41, 5.74) is 0.733. The van der Waals surface area contributed by atoms with E-state index in [4.69, 9.17) is 0 Å². The number of carbonyl (C=O) groups is 1. The van der Waals surface area contributed by atoms with Crippen LogP contribution in [0.25, 0.3) is 0 Å². The van der Waals surface area contributed by atoms with Crippen LogP contribution in [-0.2, 0) is 14.6 Å². The molecule has 0 unspecified atom stereocenters. The van der Waals surface area contributed by atoms with Gasteiger partial charge in [-0.05, 0) is 12.5 Å². The maximum Gasteiger partial charge on any atom is 0.335 e. The van der Waals surface area contributed by atoms with Crippen molar-refractivity contribution >= 4 is 5.97 Å². The van der Waals surface area contributed by atoms with Crippen LogP contribution < -0.4 is 0 Å². The Kier molecular flexibility index (Phi) is 3.71. The van der Waals surface area contributed by atoms with Crippen LogP contribution in [0.2, 0.25) is 0 Å². The third-order valence-electron chi connectivity index (χ3n) is 0.597. The van der Waals surface area contributed by atoms with Crippen molar-refractivity contribution < 1.29 is 14.6 Å². The first-order valence-corrected chi connectivity index (χ1v) is 2.55. The van der Waals surface area contributed by atoms with Crippen LogP contribution in [0.15, 0.2) is 12.2 Å². The van der Waals surface area contributed by atoms with Gasteiger partial charge in [0.2, 0.25) is 0 Å². The van der Waals surface area contributed by atoms with E-state index >= 15 is 0 Å². The zero-order chi connectivity index (χ0) is 7.28. The molecule has 0 aromatic rings. The van der Waals surface area contributed by atoms with Crippen LogP contribution in [0.4, 0.5) is 0 Å². The average Bonchev–Trinajstić information content (AvgIpc) is 1.83. The summed E-state index contributed by atoms with van der Waals surface area (Å²) in [4.78, 5) is 10.1. The Morgan fingerprint density at radius 1 is 1.67 bits per heavy atom. The van der Waals surface area contributed by atoms with Gasteiger partial charge in [0.1, 0.15) is 6.61 Å². The Morgan fingerprint density at radius 3 is 2.56 bits per heavy atom. The molecule has 1 radical (unpaired) electrons. The quantitative estimate of drug-likeness (QED) is 0.412. The van der Waals surface area contributed by atoms with Gasteiger partial charge in [-0.3, -0.25) is 0 Å². The number of ether oxygens (including phenoxy) is 1. The standard InChI is InChI=1S/C6H9O3/c1-5(2)4-9-6(8)3-7/h1,3-4H2,2H3. The molecule has 0 bridgehead atoms. The van der Waals surface area contributed by atoms with Crippen molar-refractivity contribution in [1.29, 1.82) is 0 Å². The van der Waals surface area contributed by atoms with Crippen LogP contribution in [0.1, 0.15) is 6.92 Å². The SMILES string of the molecule is C=C(C)COC(=O)C[O]. The van der Waals surface area contributed by atoms with Gasteiger partial charge < -0.3 is 4.74 Å². The van der Waals surface area contributed by atoms with E-state index in [1.165, 1.54) is 0 Å². The molecular formula is C6H9O3. The number of hydrogen-bond acceptors (Lipinski definition) is 2. The lowest BCUT2D eigenvalue weighted by atomic mass is 10.4. The molecule has 0 aliphatic heterocycles. The van der Waals surface area contributed by atoms with Gasteiger partial charge in [-0.1, -0.05) is 6.58 Å². The van der Waals surface area contributed by atoms with Crippen LogP contribution in [0, 0.1) is 0 Å². The maximum atomic E-state index is 10.1. The molecule has 51 valence electrons. The van der Waals surface area contributed by atoms with Gasteiger partial charge >= 0.3 is 5.97 Å². The lowest BCUT2D eigenvalue weighted by molar-refractivity contribution is -0.147. The second-order valence-corrected chi connectivity index (χ2v) is 1.76. The van der Waals surface area contributed by atoms with E-state index < -0.39 is 12.6 Å². The molecule has 3 heteroatoms. The van der Waals surface area contributed by atoms with Gasteiger partial charge in [-0.15, -0.1) is 0 Å². The highest BCUT2D eigenvalue weighted by Crippen LogP contribution is 1.87. The van der Waals surface area contributed by atoms with Crippen molar-refractivity contribution in [2.24, 2.45) is 0 Å². The van der Waals surface area contributed by atoms with Crippen molar-refractivity contribution in [3.63, 3.8) is 0 Å². The highest BCUT2D eigenvalue weighted by atomic mass is 16.5. The molecule has 0 saturated carbocycles. The van der Waals surface area contributed by atoms with E-state index in [1.54, 1.807) is 6.92 Å². The molecule has 0 atom stereocenters. The summed E-state index contributed by atoms with van der Waals surface area (Å²) in [7, 11) is 0. The average molecular weight is 129 g/mol. The number of hydrogen-bond donors (Lipinski definition) is 0. The first-order valence-electron chi connectivity index (χ1n) is 2.55. The van der Waals surface area contributed by atoms with Crippen LogP contribution in [0.5, 0.6) is 0 Å². The van der Waals surface area contributed by atoms with E-state index in [2.05, 4.69) is 11.3 Å². The van der Waals surface area contributed by atoms with Gasteiger partial charge in [0.15, 0.2) is 6.61 Å². The Labute approximate surface area is 53.9 Å². The predicted octanol–water partition coefficient (Wildman–Crippen LogP) is 0.536. The second kappa shape index (κ2) is 4.09. The fourth-order valence-corrected chi connectivity index (χ4v) is 0.245. The maximum absolute atomic E-state index is 10.1. The fraction of sp³-hybridized carbons (Fsp3) is 0.500. The monoisotopic (exact) mass is 129 g/mol. The highest BCUT2D eigenvalue weighted by molar-refractivity contribution is 5.70. The molecule has 9 heavy (non-hydrogen) atoms. The van der Waals surface area contributed by atoms with Gasteiger partial charge in [0.25, 0.3) is 0 Å². The van der Waals surface area contributed by atoms with E-state index in [0.717, 1.165) is 5.57 Å². The van der Waals surface area contributed by atoms with E-state index in [9.17, 15) is 9.90 Å². The first kappa shape index (κ1) is 8.17. The minimum absolute atomic E-state index is 0.154. The Balaban J connectivity index is 3.28. The lowest BCUT2D eigenvalue weighted by Crippen LogP contribution is -2.09. The van der Waals surface area contributed by atoms with Crippen LogP contribution in [-0.4, -0.2) is 19.2 Å². The van der Waals surface area contributed by atoms with Gasteiger partial charge in [-0.25, -0.2) is 9.90 Å². The van der Waals surface area contributed by atoms with E-state index in [0.29, 0.717) is 0 Å². The van der Waals surface area contributed by atoms with E-state index in [-0.39, 0.29) is 6.61 Å². The van der Waals surface area contributed by atoms with Crippen molar-refractivity contribution in [2.75, 3.05) is 13.2 Å². The molecule has 0 spiro atoms. The smallest absolute Gasteiger partial charge is 0.335 e. The Bertz CT molecular complexity index is 117. The second-order valence-electron chi connectivity index (χ2n) is 1.76. The largest absolute Gasteiger partial charge is 0.459 e. The minimum atomic E-state index is -0.812. The molecule has 0 amide bonds. The summed E-state index contributed by atoms with van der Waals surface area (Å²) in [6.07, 6.45) is 0. The molecule has 0 aliphatic rings. The van der Waals surface area contributed by atoms with Gasteiger partial charge in [0, 0.05) is 0 Å². The normalized spacial score (nSPS) is 8.67. The fourth-order valence-electron chi connectivity index (χ4n) is 0.245. The molecule has 0 heterocycles. The first-order chi connectivity index (χ1) is 4.16. The zero-order valence-electron chi connectivity index (χ0n) is 5.35. The molecule has 0 rings (SSSR count). The molecule has 0 aromatic heterocycles. The summed E-state index contributed by atoms with van der Waals surface area (Å²) in [6, 6.07) is 0. The summed E-state index contributed by atoms with van der Waals surface area (Å²) in [6.45, 7) is 4.54. The molecule has 0 aliphatic carbocycles. The summed E-state index contributed by atoms with van der Waals surface area (Å²) >= 11 is 0. The van der Waals surface area contributed by atoms with Crippen LogP contribution >= 0.6 is 0 Å². The van der Waals surface area contributed by atoms with Crippen molar-refractivity contribution in [3.8, 4) is 0 Å². The molecule has 0 N–H and O–H groups in total. The van der Waals surface area contributed by atoms with Crippen molar-refractivity contribution in [2.45, 2.75) is 6.92 Å². The van der Waals surface area contributed by atoms with Gasteiger partial charge in [0.05, 0.1) is 0 Å². The summed E-state index contributed by atoms with van der Waals surface area (Å²) < 4.78 is 4.40. The zero-order valence-corrected chi connectivity index (χ0v) is 5.35. The predicted molar refractivity (Wildman–Crippen MR) is 31.3 cm³/mol. The Morgan fingerprint density at radius 2 is 2.22 bits per heavy atom. The van der Waals surface area contributed by atoms with Crippen molar-refractivity contribution in [3.05, 3.63) is 12.2 Å². The molecule has 3 nitrogen and oxygen atoms in total. The number of rotatable bonds is 3. The topological polar surface area (TPSA) is 46.2 Å². The molecule has 0 fully saturated rings. The Hall–Kier alpha value is -0.830. The third kappa shape index (κ3) is 5.03. The summed E-state index contributed by atoms with van der Waals surface area (Å²) in [5.74, 6) is -0.724. The number of esters is 1. The lowest BCUT2D eigenvalue weighted by Gasteiger charge is -1.98. The third-order valence-corrected chi connectivity index (χ3v) is 0.597. The van der Waals surface area contributed by atoms with Crippen molar-refractivity contribution in [1.82, 2.24) is 0 Å². The van der Waals surface area contributed by atoms with Gasteiger partial charge in [-0.2, -0.15) is 0 Å². The number of carbonyl (C=O) groups excluding carboxylic acids is 1. The summed E-state index contributed by atoms with van der Waals surface area (Å²) in [5, 5.41) is 9.74. The highest BCUT2D eigenvalue weighted by Gasteiger charge is 1.98. The minimum Gasteiger partial charge on any atom is -0.459 e.